The first-order chi connectivity index (χ1) is 3.68. The molecule has 0 aromatic rings. The van der Waals surface area contributed by atoms with Crippen LogP contribution in [0.5, 0.6) is 0 Å². The zero-order chi connectivity index (χ0) is 6.57. The van der Waals surface area contributed by atoms with E-state index < -0.39 is 5.97 Å². The van der Waals surface area contributed by atoms with Crippen LogP contribution in [0.15, 0.2) is 12.2 Å². The maximum atomic E-state index is 10.4. The maximum Gasteiger partial charge on any atom is 0.345 e. The lowest BCUT2D eigenvalue weighted by Gasteiger charge is -1.93. The van der Waals surface area contributed by atoms with E-state index in [1.165, 1.54) is 0 Å². The van der Waals surface area contributed by atoms with Gasteiger partial charge in [-0.25, -0.2) is 4.79 Å². The Bertz CT molecular complexity index is 111. The fourth-order valence-electron chi connectivity index (χ4n) is 0.105. The molecule has 0 amide bonds. The molecule has 0 aliphatic carbocycles. The summed E-state index contributed by atoms with van der Waals surface area (Å²) in [5.74, 6) is -0.426. The third-order valence-electron chi connectivity index (χ3n) is 0.461. The van der Waals surface area contributed by atoms with Crippen molar-refractivity contribution in [3.63, 3.8) is 0 Å². The van der Waals surface area contributed by atoms with E-state index in [4.69, 9.17) is 0 Å². The summed E-state index contributed by atoms with van der Waals surface area (Å²) in [7, 11) is 0. The number of carbonyl (C=O) groups excluding carboxylic acids is 1. The highest BCUT2D eigenvalue weighted by molar-refractivity contribution is 8.66. The number of rotatable bonds is 2. The van der Waals surface area contributed by atoms with Crippen molar-refractivity contribution in [2.24, 2.45) is 0 Å². The highest BCUT2D eigenvalue weighted by Gasteiger charge is 1.99. The normalized spacial score (nSPS) is 8.25. The quantitative estimate of drug-likeness (QED) is 0.280. The van der Waals surface area contributed by atoms with Crippen molar-refractivity contribution in [1.29, 1.82) is 0 Å². The summed E-state index contributed by atoms with van der Waals surface area (Å²) in [5.41, 5.74) is 0.381. The molecule has 0 aromatic heterocycles. The second-order valence-corrected chi connectivity index (χ2v) is 1.99. The van der Waals surface area contributed by atoms with Gasteiger partial charge in [0, 0.05) is 5.57 Å². The molecule has 8 heavy (non-hydrogen) atoms. The number of hydrogen-bond acceptors (Lipinski definition) is 4. The molecular formula is C4H6O2S2. The second kappa shape index (κ2) is 3.86. The van der Waals surface area contributed by atoms with Crippen molar-refractivity contribution in [3.8, 4) is 0 Å². The van der Waals surface area contributed by atoms with E-state index in [0.29, 0.717) is 5.57 Å². The van der Waals surface area contributed by atoms with E-state index in [2.05, 4.69) is 22.4 Å². The van der Waals surface area contributed by atoms with E-state index >= 15 is 0 Å². The third kappa shape index (κ3) is 2.98. The molecule has 2 nitrogen and oxygen atoms in total. The molecule has 0 fully saturated rings. The predicted molar refractivity (Wildman–Crippen MR) is 37.5 cm³/mol. The topological polar surface area (TPSA) is 26.3 Å². The first-order valence-electron chi connectivity index (χ1n) is 1.86. The number of thiol groups is 1. The molecule has 0 N–H and O–H groups in total. The summed E-state index contributed by atoms with van der Waals surface area (Å²) in [4.78, 5) is 10.4. The Morgan fingerprint density at radius 2 is 2.38 bits per heavy atom. The standard InChI is InChI=1S/C4H6O2S2/c1-3(2)4(5)6-8-7/h7H,1H2,2H3. The van der Waals surface area contributed by atoms with Crippen LogP contribution in [0.3, 0.4) is 0 Å². The highest BCUT2D eigenvalue weighted by Crippen LogP contribution is 2.08. The molecule has 0 rings (SSSR count). The Hall–Kier alpha value is -0.0900. The van der Waals surface area contributed by atoms with Gasteiger partial charge in [0.1, 0.15) is 11.1 Å². The summed E-state index contributed by atoms with van der Waals surface area (Å²) >= 11 is 4.31. The van der Waals surface area contributed by atoms with E-state index in [1.54, 1.807) is 6.92 Å². The Kier molecular flexibility index (Phi) is 3.81. The van der Waals surface area contributed by atoms with Crippen molar-refractivity contribution in [2.75, 3.05) is 0 Å². The molecule has 0 heterocycles. The zero-order valence-corrected chi connectivity index (χ0v) is 6.09. The molecule has 0 atom stereocenters. The van der Waals surface area contributed by atoms with Crippen LogP contribution in [0.4, 0.5) is 0 Å². The van der Waals surface area contributed by atoms with Crippen LogP contribution in [0, 0.1) is 0 Å². The Balaban J connectivity index is 3.49. The highest BCUT2D eigenvalue weighted by atomic mass is 33.1. The summed E-state index contributed by atoms with van der Waals surface area (Å²) < 4.78 is 4.35. The molecule has 0 saturated heterocycles. The lowest BCUT2D eigenvalue weighted by molar-refractivity contribution is -0.128. The SMILES string of the molecule is C=C(C)C(=O)OSS. The fraction of sp³-hybridized carbons (Fsp3) is 0.250. The van der Waals surface area contributed by atoms with Gasteiger partial charge in [-0.2, -0.15) is 0 Å². The summed E-state index contributed by atoms with van der Waals surface area (Å²) in [6, 6.07) is 0. The molecule has 0 aromatic carbocycles. The smallest absolute Gasteiger partial charge is 0.345 e. The van der Waals surface area contributed by atoms with Crippen LogP contribution in [-0.4, -0.2) is 5.97 Å². The molecule has 0 aliphatic rings. The molecule has 0 unspecified atom stereocenters. The average molecular weight is 150 g/mol. The summed E-state index contributed by atoms with van der Waals surface area (Å²) in [6.45, 7) is 4.93. The van der Waals surface area contributed by atoms with Gasteiger partial charge in [0.25, 0.3) is 0 Å². The number of hydrogen-bond donors (Lipinski definition) is 1. The number of carbonyl (C=O) groups is 1. The van der Waals surface area contributed by atoms with Crippen molar-refractivity contribution in [1.82, 2.24) is 0 Å². The van der Waals surface area contributed by atoms with Crippen molar-refractivity contribution in [3.05, 3.63) is 12.2 Å². The lowest BCUT2D eigenvalue weighted by atomic mass is 10.4. The minimum atomic E-state index is -0.426. The van der Waals surface area contributed by atoms with Gasteiger partial charge in [-0.05, 0) is 6.92 Å². The van der Waals surface area contributed by atoms with Gasteiger partial charge < -0.3 is 4.18 Å². The van der Waals surface area contributed by atoms with Crippen LogP contribution < -0.4 is 0 Å². The Morgan fingerprint density at radius 3 is 2.50 bits per heavy atom. The molecular weight excluding hydrogens is 144 g/mol. The third-order valence-corrected chi connectivity index (χ3v) is 0.911. The molecule has 0 bridgehead atoms. The first kappa shape index (κ1) is 7.91. The molecule has 46 valence electrons. The van der Waals surface area contributed by atoms with Crippen molar-refractivity contribution < 1.29 is 8.98 Å². The van der Waals surface area contributed by atoms with Gasteiger partial charge in [-0.3, -0.25) is 0 Å². The van der Waals surface area contributed by atoms with E-state index in [-0.39, 0.29) is 0 Å². The van der Waals surface area contributed by atoms with E-state index in [1.807, 2.05) is 0 Å². The molecule has 4 heteroatoms. The van der Waals surface area contributed by atoms with Crippen molar-refractivity contribution in [2.45, 2.75) is 6.92 Å². The minimum Gasteiger partial charge on any atom is -0.376 e. The van der Waals surface area contributed by atoms with Crippen LogP contribution in [0.2, 0.25) is 0 Å². The summed E-state index contributed by atoms with van der Waals surface area (Å²) in [5, 5.41) is 0. The van der Waals surface area contributed by atoms with Gasteiger partial charge in [0.2, 0.25) is 0 Å². The van der Waals surface area contributed by atoms with Crippen LogP contribution in [-0.2, 0) is 8.98 Å². The van der Waals surface area contributed by atoms with Crippen LogP contribution in [0.25, 0.3) is 0 Å². The zero-order valence-electron chi connectivity index (χ0n) is 4.38. The monoisotopic (exact) mass is 150 g/mol. The van der Waals surface area contributed by atoms with Crippen LogP contribution >= 0.6 is 22.7 Å². The van der Waals surface area contributed by atoms with Gasteiger partial charge >= 0.3 is 5.97 Å². The summed E-state index contributed by atoms with van der Waals surface area (Å²) in [6.07, 6.45) is 0. The van der Waals surface area contributed by atoms with Gasteiger partial charge in [0.15, 0.2) is 0 Å². The van der Waals surface area contributed by atoms with Crippen LogP contribution in [0.1, 0.15) is 6.92 Å². The largest absolute Gasteiger partial charge is 0.376 e. The Labute approximate surface area is 57.3 Å². The van der Waals surface area contributed by atoms with E-state index in [0.717, 1.165) is 11.1 Å². The van der Waals surface area contributed by atoms with Gasteiger partial charge in [-0.1, -0.05) is 18.2 Å². The molecule has 0 spiro atoms. The molecule has 0 radical (unpaired) electrons. The average Bonchev–Trinajstić information content (AvgIpc) is 1.67. The van der Waals surface area contributed by atoms with Gasteiger partial charge in [-0.15, -0.1) is 0 Å². The second-order valence-electron chi connectivity index (χ2n) is 1.23. The van der Waals surface area contributed by atoms with E-state index in [9.17, 15) is 4.79 Å². The molecule has 0 aliphatic heterocycles. The van der Waals surface area contributed by atoms with Crippen molar-refractivity contribution >= 4 is 28.7 Å². The molecule has 0 saturated carbocycles. The maximum absolute atomic E-state index is 10.4. The predicted octanol–water partition coefficient (Wildman–Crippen LogP) is 1.60. The minimum absolute atomic E-state index is 0.381. The lowest BCUT2D eigenvalue weighted by Crippen LogP contribution is -1.96. The van der Waals surface area contributed by atoms with Gasteiger partial charge in [0.05, 0.1) is 0 Å². The Morgan fingerprint density at radius 1 is 1.88 bits per heavy atom. The fourth-order valence-corrected chi connectivity index (χ4v) is 0.518. The first-order valence-corrected chi connectivity index (χ1v) is 3.65.